The highest BCUT2D eigenvalue weighted by molar-refractivity contribution is 5.01. The minimum Gasteiger partial charge on any atom is -0.376 e. The molecule has 6 rings (SSSR count). The van der Waals surface area contributed by atoms with Crippen molar-refractivity contribution < 1.29 is 9.13 Å². The second-order valence-electron chi connectivity index (χ2n) is 13.1. The van der Waals surface area contributed by atoms with Crippen molar-refractivity contribution >= 4 is 0 Å². The lowest BCUT2D eigenvalue weighted by Gasteiger charge is -2.54. The number of nitrogens with zero attached hydrogens (tertiary/aromatic N) is 2. The fraction of sp³-hybridized carbons (Fsp3) is 0.966. The van der Waals surface area contributed by atoms with E-state index in [-0.39, 0.29) is 5.92 Å². The molecule has 0 bridgehead atoms. The van der Waals surface area contributed by atoms with Crippen LogP contribution < -0.4 is 10.6 Å². The Morgan fingerprint density at radius 2 is 1.71 bits per heavy atom. The van der Waals surface area contributed by atoms with Crippen LogP contribution >= 0.6 is 0 Å². The predicted molar refractivity (Wildman–Crippen MR) is 135 cm³/mol. The summed E-state index contributed by atoms with van der Waals surface area (Å²) in [5.41, 5.74) is 0. The minimum atomic E-state index is -0.928. The summed E-state index contributed by atoms with van der Waals surface area (Å²) in [5, 5.41) is 16.7. The quantitative estimate of drug-likeness (QED) is 0.591. The molecular weight excluding hydrogens is 439 g/mol. The topological polar surface area (TPSA) is 60.3 Å². The maximum atomic E-state index is 14.9. The van der Waals surface area contributed by atoms with Gasteiger partial charge in [-0.25, -0.2) is 4.39 Å². The number of piperidine rings is 1. The molecule has 3 aliphatic heterocycles. The standard InChI is InChI=1S/C29H47FN4O/c30-27-13-21(4-5-22(27)14-31)26-12-19(11-25-16-32-9-10-35-25)1-8-29(26)34-17-24(18-34)23-6-7-28(33-15-23)20-2-3-20/h19-29,32-33H,1-13,15-18H2. The van der Waals surface area contributed by atoms with Gasteiger partial charge < -0.3 is 15.4 Å². The highest BCUT2D eigenvalue weighted by atomic mass is 19.1. The second-order valence-corrected chi connectivity index (χ2v) is 13.1. The number of halogens is 1. The van der Waals surface area contributed by atoms with Crippen molar-refractivity contribution in [2.24, 2.45) is 41.4 Å². The van der Waals surface area contributed by atoms with Gasteiger partial charge in [0.25, 0.3) is 0 Å². The first-order chi connectivity index (χ1) is 17.2. The predicted octanol–water partition coefficient (Wildman–Crippen LogP) is 4.14. The number of hydrogen-bond acceptors (Lipinski definition) is 5. The Morgan fingerprint density at radius 3 is 2.40 bits per heavy atom. The molecule has 6 aliphatic rings. The number of nitrogens with one attached hydrogen (secondary N) is 2. The number of morpholine rings is 1. The molecule has 0 aromatic carbocycles. The van der Waals surface area contributed by atoms with Crippen molar-refractivity contribution in [1.82, 2.24) is 15.5 Å². The average Bonchev–Trinajstić information content (AvgIpc) is 3.71. The van der Waals surface area contributed by atoms with Crippen molar-refractivity contribution in [2.75, 3.05) is 39.3 Å². The molecule has 9 atom stereocenters. The van der Waals surface area contributed by atoms with Crippen LogP contribution in [0.5, 0.6) is 0 Å². The lowest BCUT2D eigenvalue weighted by Crippen LogP contribution is -2.60. The molecule has 0 amide bonds. The molecule has 196 valence electrons. The van der Waals surface area contributed by atoms with Crippen LogP contribution in [0.15, 0.2) is 0 Å². The maximum absolute atomic E-state index is 14.9. The molecule has 2 N–H and O–H groups in total. The molecule has 3 heterocycles. The Kier molecular flexibility index (Phi) is 7.68. The molecule has 6 heteroatoms. The summed E-state index contributed by atoms with van der Waals surface area (Å²) in [6, 6.07) is 3.67. The first-order valence-corrected chi connectivity index (χ1v) is 15.0. The van der Waals surface area contributed by atoms with E-state index in [0.29, 0.717) is 36.3 Å². The summed E-state index contributed by atoms with van der Waals surface area (Å²) in [6.07, 6.45) is 12.5. The molecule has 3 saturated carbocycles. The number of hydrogen-bond donors (Lipinski definition) is 2. The first kappa shape index (κ1) is 24.6. The SMILES string of the molecule is N#CC1CCC(C2CC(CC3CNCCO3)CCC2N2CC(C3CCC(C4CC4)NC3)C2)CC1F. The van der Waals surface area contributed by atoms with Crippen molar-refractivity contribution in [3.05, 3.63) is 0 Å². The van der Waals surface area contributed by atoms with E-state index in [9.17, 15) is 9.65 Å². The van der Waals surface area contributed by atoms with Crippen LogP contribution in [-0.2, 0) is 4.74 Å². The zero-order valence-electron chi connectivity index (χ0n) is 21.6. The molecule has 3 aliphatic carbocycles. The number of likely N-dealkylation sites (tertiary alicyclic amines) is 1. The van der Waals surface area contributed by atoms with Crippen LogP contribution in [0.3, 0.4) is 0 Å². The molecule has 35 heavy (non-hydrogen) atoms. The summed E-state index contributed by atoms with van der Waals surface area (Å²) < 4.78 is 20.9. The van der Waals surface area contributed by atoms with E-state index < -0.39 is 6.17 Å². The third-order valence-electron chi connectivity index (χ3n) is 10.9. The van der Waals surface area contributed by atoms with Crippen molar-refractivity contribution in [3.63, 3.8) is 0 Å². The Hall–Kier alpha value is -0.740. The summed E-state index contributed by atoms with van der Waals surface area (Å²) in [7, 11) is 0. The fourth-order valence-corrected chi connectivity index (χ4v) is 8.60. The number of alkyl halides is 1. The van der Waals surface area contributed by atoms with Gasteiger partial charge in [0.1, 0.15) is 6.17 Å². The first-order valence-electron chi connectivity index (χ1n) is 15.0. The third kappa shape index (κ3) is 5.59. The van der Waals surface area contributed by atoms with Crippen LogP contribution in [0, 0.1) is 52.8 Å². The van der Waals surface area contributed by atoms with E-state index in [0.717, 1.165) is 62.8 Å². The van der Waals surface area contributed by atoms with Gasteiger partial charge in [-0.1, -0.05) is 0 Å². The van der Waals surface area contributed by atoms with Gasteiger partial charge in [0.05, 0.1) is 24.7 Å². The van der Waals surface area contributed by atoms with Crippen LogP contribution in [0.2, 0.25) is 0 Å². The second kappa shape index (κ2) is 10.9. The Balaban J connectivity index is 1.06. The van der Waals surface area contributed by atoms with Crippen molar-refractivity contribution in [2.45, 2.75) is 95.0 Å². The fourth-order valence-electron chi connectivity index (χ4n) is 8.60. The summed E-state index contributed by atoms with van der Waals surface area (Å²) >= 11 is 0. The van der Waals surface area contributed by atoms with Gasteiger partial charge in [0.15, 0.2) is 0 Å². The van der Waals surface area contributed by atoms with Crippen molar-refractivity contribution in [3.8, 4) is 6.07 Å². The maximum Gasteiger partial charge on any atom is 0.116 e. The van der Waals surface area contributed by atoms with Gasteiger partial charge in [-0.15, -0.1) is 0 Å². The Labute approximate surface area is 211 Å². The van der Waals surface area contributed by atoms with Crippen molar-refractivity contribution in [1.29, 1.82) is 5.26 Å². The van der Waals surface area contributed by atoms with E-state index >= 15 is 0 Å². The molecule has 9 unspecified atom stereocenters. The smallest absolute Gasteiger partial charge is 0.116 e. The summed E-state index contributed by atoms with van der Waals surface area (Å²) in [6.45, 7) is 6.53. The number of nitriles is 1. The summed E-state index contributed by atoms with van der Waals surface area (Å²) in [5.74, 6) is 4.05. The van der Waals surface area contributed by atoms with E-state index in [1.165, 1.54) is 64.6 Å². The molecular formula is C29H47FN4O. The van der Waals surface area contributed by atoms with Crippen LogP contribution in [0.1, 0.15) is 70.6 Å². The molecule has 3 saturated heterocycles. The van der Waals surface area contributed by atoms with E-state index in [2.05, 4.69) is 21.6 Å². The lowest BCUT2D eigenvalue weighted by atomic mass is 9.64. The normalized spacial score (nSPS) is 46.0. The largest absolute Gasteiger partial charge is 0.376 e. The Morgan fingerprint density at radius 1 is 0.886 bits per heavy atom. The molecule has 5 nitrogen and oxygen atoms in total. The zero-order chi connectivity index (χ0) is 23.8. The van der Waals surface area contributed by atoms with Crippen LogP contribution in [0.25, 0.3) is 0 Å². The molecule has 0 spiro atoms. The van der Waals surface area contributed by atoms with E-state index in [1.54, 1.807) is 0 Å². The van der Waals surface area contributed by atoms with Gasteiger partial charge in [-0.05, 0) is 113 Å². The van der Waals surface area contributed by atoms with E-state index in [4.69, 9.17) is 4.74 Å². The number of ether oxygens (including phenoxy) is 1. The average molecular weight is 487 g/mol. The van der Waals surface area contributed by atoms with Gasteiger partial charge in [-0.3, -0.25) is 4.90 Å². The highest BCUT2D eigenvalue weighted by Gasteiger charge is 2.47. The minimum absolute atomic E-state index is 0.348. The molecule has 0 radical (unpaired) electrons. The molecule has 6 fully saturated rings. The molecule has 0 aromatic heterocycles. The zero-order valence-corrected chi connectivity index (χ0v) is 21.6. The van der Waals surface area contributed by atoms with Gasteiger partial charge in [0.2, 0.25) is 0 Å². The van der Waals surface area contributed by atoms with Gasteiger partial charge in [0, 0.05) is 38.3 Å². The summed E-state index contributed by atoms with van der Waals surface area (Å²) in [4.78, 5) is 2.79. The monoisotopic (exact) mass is 486 g/mol. The van der Waals surface area contributed by atoms with Gasteiger partial charge in [-0.2, -0.15) is 5.26 Å². The highest BCUT2D eigenvalue weighted by Crippen LogP contribution is 2.47. The van der Waals surface area contributed by atoms with Gasteiger partial charge >= 0.3 is 0 Å². The van der Waals surface area contributed by atoms with E-state index in [1.807, 2.05) is 0 Å². The Bertz CT molecular complexity index is 735. The van der Waals surface area contributed by atoms with Crippen LogP contribution in [0.4, 0.5) is 4.39 Å². The lowest BCUT2D eigenvalue weighted by molar-refractivity contribution is -0.0602. The molecule has 0 aromatic rings. The third-order valence-corrected chi connectivity index (χ3v) is 10.9. The van der Waals surface area contributed by atoms with Crippen LogP contribution in [-0.4, -0.2) is 68.6 Å². The number of rotatable bonds is 6.